The molecule has 0 radical (unpaired) electrons. The zero-order valence-electron chi connectivity index (χ0n) is 15.8. The Bertz CT molecular complexity index is 816. The Kier molecular flexibility index (Phi) is 4.44. The van der Waals surface area contributed by atoms with E-state index >= 15 is 0 Å². The van der Waals surface area contributed by atoms with Crippen molar-refractivity contribution >= 4 is 16.9 Å². The Balaban J connectivity index is 0.00000192. The third-order valence-electron chi connectivity index (χ3n) is 6.34. The first-order valence-corrected chi connectivity index (χ1v) is 10.3. The number of likely N-dealkylation sites (tertiary alicyclic amines) is 1. The summed E-state index contributed by atoms with van der Waals surface area (Å²) in [5, 5.41) is 1.15. The summed E-state index contributed by atoms with van der Waals surface area (Å²) < 4.78 is 6.06. The quantitative estimate of drug-likeness (QED) is 0.903. The van der Waals surface area contributed by atoms with Gasteiger partial charge in [0.25, 0.3) is 0 Å². The van der Waals surface area contributed by atoms with Crippen LogP contribution in [0.4, 0.5) is 4.79 Å². The van der Waals surface area contributed by atoms with E-state index in [4.69, 9.17) is 4.74 Å². The van der Waals surface area contributed by atoms with E-state index in [1.807, 2.05) is 34.2 Å². The first-order valence-electron chi connectivity index (χ1n) is 10.3. The molecule has 0 bridgehead atoms. The summed E-state index contributed by atoms with van der Waals surface area (Å²) in [6.07, 6.45) is 7.18. The van der Waals surface area contributed by atoms with Crippen LogP contribution >= 0.6 is 0 Å². The molecule has 1 aromatic heterocycles. The molecule has 3 fully saturated rings. The number of hydrogen-bond donors (Lipinski definition) is 1. The van der Waals surface area contributed by atoms with Gasteiger partial charge >= 0.3 is 6.03 Å². The van der Waals surface area contributed by atoms with Crippen molar-refractivity contribution in [1.29, 1.82) is 0 Å². The Hall–Kier alpha value is -2.21. The number of hydrogen-bond acceptors (Lipinski definition) is 3. The SMILES string of the molecule is O=C(N1CCCN(C2CCC2)CC1)N1CC(Oc2ccc3[nH]ccc3c2)C1.[HH]. The first-order chi connectivity index (χ1) is 13.3. The molecule has 27 heavy (non-hydrogen) atoms. The summed E-state index contributed by atoms with van der Waals surface area (Å²) in [4.78, 5) is 22.6. The normalized spacial score (nSPS) is 22.4. The lowest BCUT2D eigenvalue weighted by Crippen LogP contribution is -2.60. The van der Waals surface area contributed by atoms with E-state index in [0.29, 0.717) is 13.1 Å². The van der Waals surface area contributed by atoms with E-state index < -0.39 is 0 Å². The second kappa shape index (κ2) is 7.08. The van der Waals surface area contributed by atoms with Gasteiger partial charge in [-0.2, -0.15) is 0 Å². The van der Waals surface area contributed by atoms with Crippen LogP contribution in [0.1, 0.15) is 27.1 Å². The van der Waals surface area contributed by atoms with Crippen molar-refractivity contribution in [3.05, 3.63) is 30.5 Å². The number of benzene rings is 1. The number of H-pyrrole nitrogens is 1. The molecule has 5 rings (SSSR count). The van der Waals surface area contributed by atoms with Crippen LogP contribution in [0, 0.1) is 0 Å². The lowest BCUT2D eigenvalue weighted by atomic mass is 9.91. The molecule has 0 spiro atoms. The zero-order valence-corrected chi connectivity index (χ0v) is 15.8. The maximum atomic E-state index is 12.8. The second-order valence-corrected chi connectivity index (χ2v) is 8.12. The molecule has 0 atom stereocenters. The number of fused-ring (bicyclic) bond motifs is 1. The van der Waals surface area contributed by atoms with Gasteiger partial charge in [-0.3, -0.25) is 4.90 Å². The number of aromatic amines is 1. The van der Waals surface area contributed by atoms with Crippen molar-refractivity contribution in [2.24, 2.45) is 0 Å². The highest BCUT2D eigenvalue weighted by Crippen LogP contribution is 2.26. The Labute approximate surface area is 161 Å². The Morgan fingerprint density at radius 1 is 1.04 bits per heavy atom. The van der Waals surface area contributed by atoms with E-state index in [1.165, 1.54) is 19.3 Å². The summed E-state index contributed by atoms with van der Waals surface area (Å²) in [5.41, 5.74) is 1.12. The highest BCUT2D eigenvalue weighted by Gasteiger charge is 2.36. The number of nitrogens with zero attached hydrogens (tertiary/aromatic N) is 3. The predicted octanol–water partition coefficient (Wildman–Crippen LogP) is 3.16. The van der Waals surface area contributed by atoms with Gasteiger partial charge in [-0.25, -0.2) is 4.79 Å². The van der Waals surface area contributed by atoms with Crippen LogP contribution in [-0.4, -0.2) is 77.1 Å². The van der Waals surface area contributed by atoms with E-state index in [1.54, 1.807) is 0 Å². The minimum atomic E-state index is 0. The number of carbonyl (C=O) groups is 1. The van der Waals surface area contributed by atoms with Crippen molar-refractivity contribution in [2.75, 3.05) is 39.3 Å². The molecule has 2 saturated heterocycles. The molecule has 3 aliphatic rings. The molecule has 1 aromatic carbocycles. The highest BCUT2D eigenvalue weighted by molar-refractivity contribution is 5.80. The van der Waals surface area contributed by atoms with Crippen LogP contribution < -0.4 is 4.74 Å². The number of rotatable bonds is 3. The van der Waals surface area contributed by atoms with Crippen LogP contribution in [0.3, 0.4) is 0 Å². The van der Waals surface area contributed by atoms with Crippen molar-refractivity contribution in [3.8, 4) is 5.75 Å². The molecule has 1 aliphatic carbocycles. The number of carbonyl (C=O) groups excluding carboxylic acids is 1. The van der Waals surface area contributed by atoms with E-state index in [0.717, 1.165) is 55.3 Å². The minimum Gasteiger partial charge on any atom is -0.487 e. The Morgan fingerprint density at radius 3 is 2.74 bits per heavy atom. The third kappa shape index (κ3) is 3.38. The topological polar surface area (TPSA) is 51.8 Å². The summed E-state index contributed by atoms with van der Waals surface area (Å²) in [7, 11) is 0. The average Bonchev–Trinajstić information content (AvgIpc) is 2.93. The molecule has 2 aliphatic heterocycles. The number of aromatic nitrogens is 1. The number of ether oxygens (including phenoxy) is 1. The van der Waals surface area contributed by atoms with Crippen LogP contribution in [0.2, 0.25) is 0 Å². The largest absolute Gasteiger partial charge is 0.487 e. The fraction of sp³-hybridized carbons (Fsp3) is 0.571. The number of amides is 2. The molecule has 6 nitrogen and oxygen atoms in total. The van der Waals surface area contributed by atoms with Gasteiger partial charge in [-0.05, 0) is 43.5 Å². The molecule has 6 heteroatoms. The molecular formula is C21H30N4O2. The van der Waals surface area contributed by atoms with Gasteiger partial charge in [0.05, 0.1) is 13.1 Å². The first kappa shape index (κ1) is 16.9. The number of nitrogens with one attached hydrogen (secondary N) is 1. The van der Waals surface area contributed by atoms with Crippen molar-refractivity contribution in [3.63, 3.8) is 0 Å². The maximum Gasteiger partial charge on any atom is 0.320 e. The van der Waals surface area contributed by atoms with Gasteiger partial charge in [0.2, 0.25) is 0 Å². The molecule has 1 saturated carbocycles. The highest BCUT2D eigenvalue weighted by atomic mass is 16.5. The Morgan fingerprint density at radius 2 is 1.93 bits per heavy atom. The van der Waals surface area contributed by atoms with E-state index in [-0.39, 0.29) is 13.6 Å². The van der Waals surface area contributed by atoms with Crippen molar-refractivity contribution in [1.82, 2.24) is 19.7 Å². The smallest absolute Gasteiger partial charge is 0.320 e. The lowest BCUT2D eigenvalue weighted by Gasteiger charge is -2.41. The van der Waals surface area contributed by atoms with Gasteiger partial charge in [0, 0.05) is 50.7 Å². The van der Waals surface area contributed by atoms with Crippen LogP contribution in [0.25, 0.3) is 10.9 Å². The third-order valence-corrected chi connectivity index (χ3v) is 6.34. The maximum absolute atomic E-state index is 12.8. The molecule has 2 amide bonds. The second-order valence-electron chi connectivity index (χ2n) is 8.12. The van der Waals surface area contributed by atoms with E-state index in [2.05, 4.69) is 16.0 Å². The van der Waals surface area contributed by atoms with Gasteiger partial charge in [0.15, 0.2) is 0 Å². The lowest BCUT2D eigenvalue weighted by molar-refractivity contribution is 0.0309. The fourth-order valence-electron chi connectivity index (χ4n) is 4.41. The average molecular weight is 370 g/mol. The van der Waals surface area contributed by atoms with Gasteiger partial charge in [0.1, 0.15) is 11.9 Å². The summed E-state index contributed by atoms with van der Waals surface area (Å²) in [5.74, 6) is 0.880. The molecular weight excluding hydrogens is 340 g/mol. The molecule has 146 valence electrons. The summed E-state index contributed by atoms with van der Waals surface area (Å²) in [6.45, 7) is 5.29. The molecule has 2 aromatic rings. The summed E-state index contributed by atoms with van der Waals surface area (Å²) in [6, 6.07) is 9.10. The molecule has 1 N–H and O–H groups in total. The van der Waals surface area contributed by atoms with Crippen molar-refractivity contribution in [2.45, 2.75) is 37.8 Å². The molecule has 0 unspecified atom stereocenters. The standard InChI is InChI=1S/C21H28N4O2.H2/c26-21(24-10-2-9-23(11-12-24)17-3-1-4-17)25-14-19(15-25)27-18-5-6-20-16(13-18)7-8-22-20;/h5-8,13,17,19,22H,1-4,9-12,14-15H2;1H. The van der Waals surface area contributed by atoms with Gasteiger partial charge in [-0.1, -0.05) is 6.42 Å². The monoisotopic (exact) mass is 370 g/mol. The molecule has 3 heterocycles. The zero-order chi connectivity index (χ0) is 18.2. The van der Waals surface area contributed by atoms with Crippen molar-refractivity contribution < 1.29 is 11.0 Å². The summed E-state index contributed by atoms with van der Waals surface area (Å²) >= 11 is 0. The number of urea groups is 1. The van der Waals surface area contributed by atoms with Crippen LogP contribution in [-0.2, 0) is 0 Å². The fourth-order valence-corrected chi connectivity index (χ4v) is 4.41. The van der Waals surface area contributed by atoms with Gasteiger partial charge < -0.3 is 19.5 Å². The van der Waals surface area contributed by atoms with Crippen LogP contribution in [0.5, 0.6) is 5.75 Å². The predicted molar refractivity (Wildman–Crippen MR) is 107 cm³/mol. The van der Waals surface area contributed by atoms with Gasteiger partial charge in [-0.15, -0.1) is 0 Å². The van der Waals surface area contributed by atoms with Crippen LogP contribution in [0.15, 0.2) is 30.5 Å². The minimum absolute atomic E-state index is 0. The van der Waals surface area contributed by atoms with E-state index in [9.17, 15) is 4.79 Å².